The van der Waals surface area contributed by atoms with Gasteiger partial charge in [-0.25, -0.2) is 0 Å². The number of amides is 3. The molecule has 0 atom stereocenters. The molecule has 0 radical (unpaired) electrons. The third-order valence-corrected chi connectivity index (χ3v) is 6.03. The number of rotatable bonds is 5. The molecule has 6 nitrogen and oxygen atoms in total. The zero-order valence-electron chi connectivity index (χ0n) is 17.6. The number of thioether (sulfide) groups is 1. The van der Waals surface area contributed by atoms with E-state index in [1.165, 1.54) is 0 Å². The van der Waals surface area contributed by atoms with Crippen LogP contribution in [0.3, 0.4) is 0 Å². The maximum absolute atomic E-state index is 12.9. The minimum atomic E-state index is -0.449. The molecule has 4 rings (SSSR count). The number of para-hydroxylation sites is 1. The van der Waals surface area contributed by atoms with Crippen molar-refractivity contribution in [2.75, 3.05) is 11.9 Å². The summed E-state index contributed by atoms with van der Waals surface area (Å²) in [7, 11) is 0. The van der Waals surface area contributed by atoms with E-state index in [0.29, 0.717) is 10.6 Å². The largest absolute Gasteiger partial charge is 0.344 e. The Bertz CT molecular complexity index is 1210. The van der Waals surface area contributed by atoms with Gasteiger partial charge in [0.25, 0.3) is 11.1 Å². The number of carbonyl (C=O) groups is 3. The standard InChI is InChI=1S/C24H23N3O3S/c1-15(2)26-13-17(19-6-4-5-7-20(19)26)12-21-23(29)27(24(30)31-21)14-22(28)25-18-10-8-16(3)9-11-18/h4-13,15H,14H2,1-3H3,(H,25,28)/b21-12-. The predicted octanol–water partition coefficient (Wildman–Crippen LogP) is 5.21. The number of imide groups is 1. The molecule has 0 unspecified atom stereocenters. The lowest BCUT2D eigenvalue weighted by Gasteiger charge is -2.12. The van der Waals surface area contributed by atoms with Gasteiger partial charge in [-0.15, -0.1) is 0 Å². The minimum Gasteiger partial charge on any atom is -0.344 e. The zero-order valence-corrected chi connectivity index (χ0v) is 18.4. The van der Waals surface area contributed by atoms with E-state index in [2.05, 4.69) is 23.7 Å². The molecule has 3 aromatic rings. The van der Waals surface area contributed by atoms with Crippen molar-refractivity contribution in [3.8, 4) is 0 Å². The number of nitrogens with zero attached hydrogens (tertiary/aromatic N) is 2. The molecule has 1 saturated heterocycles. The summed E-state index contributed by atoms with van der Waals surface area (Å²) in [6.07, 6.45) is 3.73. The molecule has 31 heavy (non-hydrogen) atoms. The third kappa shape index (κ3) is 4.27. The van der Waals surface area contributed by atoms with Crippen LogP contribution in [0.1, 0.15) is 31.0 Å². The molecule has 2 aromatic carbocycles. The molecule has 0 spiro atoms. The Morgan fingerprint density at radius 2 is 1.81 bits per heavy atom. The van der Waals surface area contributed by atoms with Gasteiger partial charge >= 0.3 is 0 Å². The third-order valence-electron chi connectivity index (χ3n) is 5.12. The second kappa shape index (κ2) is 8.43. The molecular formula is C24H23N3O3S. The van der Waals surface area contributed by atoms with Crippen LogP contribution in [0.4, 0.5) is 10.5 Å². The van der Waals surface area contributed by atoms with E-state index in [-0.39, 0.29) is 12.6 Å². The van der Waals surface area contributed by atoms with E-state index in [1.54, 1.807) is 18.2 Å². The van der Waals surface area contributed by atoms with Crippen molar-refractivity contribution in [2.24, 2.45) is 0 Å². The highest BCUT2D eigenvalue weighted by Crippen LogP contribution is 2.34. The Labute approximate surface area is 184 Å². The maximum atomic E-state index is 12.9. The van der Waals surface area contributed by atoms with Crippen LogP contribution in [-0.2, 0) is 9.59 Å². The molecule has 3 amide bonds. The number of nitrogens with one attached hydrogen (secondary N) is 1. The molecule has 1 aliphatic rings. The van der Waals surface area contributed by atoms with Gasteiger partial charge in [0.05, 0.1) is 4.91 Å². The van der Waals surface area contributed by atoms with Crippen LogP contribution in [0.15, 0.2) is 59.6 Å². The van der Waals surface area contributed by atoms with E-state index in [0.717, 1.165) is 38.7 Å². The summed E-state index contributed by atoms with van der Waals surface area (Å²) in [6.45, 7) is 5.83. The number of carbonyl (C=O) groups excluding carboxylic acids is 3. The molecule has 1 aromatic heterocycles. The van der Waals surface area contributed by atoms with Crippen molar-refractivity contribution in [3.05, 3.63) is 70.8 Å². The van der Waals surface area contributed by atoms with Gasteiger partial charge in [0.2, 0.25) is 5.91 Å². The molecular weight excluding hydrogens is 410 g/mol. The van der Waals surface area contributed by atoms with Crippen LogP contribution in [0.5, 0.6) is 0 Å². The minimum absolute atomic E-state index is 0.257. The summed E-state index contributed by atoms with van der Waals surface area (Å²) in [5, 5.41) is 3.30. The summed E-state index contributed by atoms with van der Waals surface area (Å²) in [6, 6.07) is 15.5. The molecule has 0 bridgehead atoms. The number of aryl methyl sites for hydroxylation is 1. The molecule has 1 N–H and O–H groups in total. The number of fused-ring (bicyclic) bond motifs is 1. The second-order valence-electron chi connectivity index (χ2n) is 7.78. The van der Waals surface area contributed by atoms with Crippen molar-refractivity contribution < 1.29 is 14.4 Å². The van der Waals surface area contributed by atoms with Gasteiger partial charge < -0.3 is 9.88 Å². The summed E-state index contributed by atoms with van der Waals surface area (Å²) in [5.74, 6) is -0.862. The second-order valence-corrected chi connectivity index (χ2v) is 8.78. The van der Waals surface area contributed by atoms with Gasteiger partial charge in [-0.2, -0.15) is 0 Å². The molecule has 1 fully saturated rings. The Balaban J connectivity index is 1.54. The van der Waals surface area contributed by atoms with Crippen molar-refractivity contribution in [1.29, 1.82) is 0 Å². The summed E-state index contributed by atoms with van der Waals surface area (Å²) in [4.78, 5) is 39.0. The number of benzene rings is 2. The first kappa shape index (κ1) is 20.9. The quantitative estimate of drug-likeness (QED) is 0.561. The van der Waals surface area contributed by atoms with Crippen molar-refractivity contribution >= 4 is 51.5 Å². The number of hydrogen-bond donors (Lipinski definition) is 1. The molecule has 1 aliphatic heterocycles. The first-order valence-corrected chi connectivity index (χ1v) is 10.9. The Morgan fingerprint density at radius 3 is 2.52 bits per heavy atom. The fourth-order valence-corrected chi connectivity index (χ4v) is 4.36. The predicted molar refractivity (Wildman–Crippen MR) is 125 cm³/mol. The molecule has 0 aliphatic carbocycles. The van der Waals surface area contributed by atoms with E-state index in [1.807, 2.05) is 49.5 Å². The van der Waals surface area contributed by atoms with E-state index in [4.69, 9.17) is 0 Å². The van der Waals surface area contributed by atoms with E-state index < -0.39 is 17.1 Å². The SMILES string of the molecule is Cc1ccc(NC(=O)CN2C(=O)S/C(=C\c3cn(C(C)C)c4ccccc34)C2=O)cc1. The summed E-state index contributed by atoms with van der Waals surface area (Å²) < 4.78 is 2.14. The smallest absolute Gasteiger partial charge is 0.294 e. The number of hydrogen-bond acceptors (Lipinski definition) is 4. The lowest BCUT2D eigenvalue weighted by Crippen LogP contribution is -2.36. The molecule has 158 valence electrons. The molecule has 0 saturated carbocycles. The maximum Gasteiger partial charge on any atom is 0.294 e. The Morgan fingerprint density at radius 1 is 1.10 bits per heavy atom. The first-order chi connectivity index (χ1) is 14.8. The fourth-order valence-electron chi connectivity index (χ4n) is 3.53. The van der Waals surface area contributed by atoms with Gasteiger partial charge in [-0.05, 0) is 56.8 Å². The van der Waals surface area contributed by atoms with Crippen LogP contribution in [0.2, 0.25) is 0 Å². The lowest BCUT2D eigenvalue weighted by atomic mass is 10.1. The van der Waals surface area contributed by atoms with Gasteiger partial charge in [-0.3, -0.25) is 19.3 Å². The molecule has 2 heterocycles. The van der Waals surface area contributed by atoms with Gasteiger partial charge in [0.15, 0.2) is 0 Å². The highest BCUT2D eigenvalue weighted by molar-refractivity contribution is 8.18. The zero-order chi connectivity index (χ0) is 22.1. The van der Waals surface area contributed by atoms with E-state index >= 15 is 0 Å². The van der Waals surface area contributed by atoms with Crippen molar-refractivity contribution in [2.45, 2.75) is 26.8 Å². The lowest BCUT2D eigenvalue weighted by molar-refractivity contribution is -0.127. The van der Waals surface area contributed by atoms with Gasteiger partial charge in [-0.1, -0.05) is 35.9 Å². The average Bonchev–Trinajstić information content (AvgIpc) is 3.23. The Hall–Kier alpha value is -3.32. The normalized spacial score (nSPS) is 15.5. The van der Waals surface area contributed by atoms with Crippen LogP contribution in [-0.4, -0.2) is 33.1 Å². The van der Waals surface area contributed by atoms with Crippen molar-refractivity contribution in [1.82, 2.24) is 9.47 Å². The van der Waals surface area contributed by atoms with Gasteiger partial charge in [0.1, 0.15) is 6.54 Å². The van der Waals surface area contributed by atoms with Crippen LogP contribution in [0.25, 0.3) is 17.0 Å². The Kier molecular flexibility index (Phi) is 5.69. The monoisotopic (exact) mass is 433 g/mol. The van der Waals surface area contributed by atoms with Gasteiger partial charge in [0, 0.05) is 34.4 Å². The van der Waals surface area contributed by atoms with Crippen LogP contribution >= 0.6 is 11.8 Å². The topological polar surface area (TPSA) is 71.4 Å². The average molecular weight is 434 g/mol. The highest BCUT2D eigenvalue weighted by atomic mass is 32.2. The summed E-state index contributed by atoms with van der Waals surface area (Å²) in [5.41, 5.74) is 3.65. The number of aromatic nitrogens is 1. The summed E-state index contributed by atoms with van der Waals surface area (Å²) >= 11 is 0.862. The van der Waals surface area contributed by atoms with E-state index in [9.17, 15) is 14.4 Å². The fraction of sp³-hybridized carbons (Fsp3) is 0.208. The van der Waals surface area contributed by atoms with Crippen molar-refractivity contribution in [3.63, 3.8) is 0 Å². The molecule has 7 heteroatoms. The highest BCUT2D eigenvalue weighted by Gasteiger charge is 2.36. The van der Waals surface area contributed by atoms with Crippen LogP contribution in [0, 0.1) is 6.92 Å². The number of anilines is 1. The first-order valence-electron chi connectivity index (χ1n) is 10.0. The van der Waals surface area contributed by atoms with Crippen LogP contribution < -0.4 is 5.32 Å².